The van der Waals surface area contributed by atoms with Crippen molar-refractivity contribution in [3.63, 3.8) is 0 Å². The van der Waals surface area contributed by atoms with E-state index in [-0.39, 0.29) is 0 Å². The number of rotatable bonds is 5. The Labute approximate surface area is 94.5 Å². The Kier molecular flexibility index (Phi) is 3.90. The maximum atomic E-state index is 10.9. The van der Waals surface area contributed by atoms with Crippen LogP contribution in [-0.2, 0) is 29.2 Å². The predicted molar refractivity (Wildman–Crippen MR) is 46.3 cm³/mol. The van der Waals surface area contributed by atoms with Gasteiger partial charge in [-0.2, -0.15) is 8.42 Å². The van der Waals surface area contributed by atoms with Crippen molar-refractivity contribution in [3.8, 4) is 0 Å². The molecule has 0 saturated heterocycles. The number of hydrogen-bond donors (Lipinski definition) is 4. The molecular weight excluding hydrogens is 264 g/mol. The average molecular weight is 272 g/mol. The number of aliphatic hydroxyl groups excluding tert-OH is 3. The van der Waals surface area contributed by atoms with Crippen molar-refractivity contribution in [3.05, 3.63) is 11.5 Å². The summed E-state index contributed by atoms with van der Waals surface area (Å²) in [6.07, 6.45) is -3.31. The standard InChI is InChI=1S/C6H8O10S/c7-1-2(8)4-5(3(9)6(10)14-4)15-16-17(11,12)13/h2,4,7-9H,1H2,(H,11,12,13)/t2-,4+/m0/s1. The van der Waals surface area contributed by atoms with Crippen LogP contribution in [0.15, 0.2) is 11.5 Å². The molecule has 0 aromatic carbocycles. The summed E-state index contributed by atoms with van der Waals surface area (Å²) in [4.78, 5) is 14.8. The Morgan fingerprint density at radius 1 is 1.47 bits per heavy atom. The van der Waals surface area contributed by atoms with Crippen LogP contribution in [0.1, 0.15) is 0 Å². The lowest BCUT2D eigenvalue weighted by molar-refractivity contribution is -0.191. The van der Waals surface area contributed by atoms with Crippen molar-refractivity contribution >= 4 is 16.4 Å². The zero-order valence-corrected chi connectivity index (χ0v) is 8.82. The molecule has 0 amide bonds. The van der Waals surface area contributed by atoms with E-state index >= 15 is 0 Å². The molecule has 11 heteroatoms. The van der Waals surface area contributed by atoms with Crippen LogP contribution < -0.4 is 0 Å². The number of esters is 1. The minimum Gasteiger partial charge on any atom is -0.499 e. The van der Waals surface area contributed by atoms with Gasteiger partial charge < -0.3 is 24.9 Å². The molecule has 0 aromatic heterocycles. The second kappa shape index (κ2) is 4.85. The highest BCUT2D eigenvalue weighted by Gasteiger charge is 2.42. The van der Waals surface area contributed by atoms with E-state index in [0.717, 1.165) is 0 Å². The first-order valence-corrected chi connectivity index (χ1v) is 5.39. The minimum absolute atomic E-state index is 0.857. The smallest absolute Gasteiger partial charge is 0.432 e. The van der Waals surface area contributed by atoms with Gasteiger partial charge in [0.15, 0.2) is 6.10 Å². The zero-order valence-electron chi connectivity index (χ0n) is 8.01. The normalized spacial score (nSPS) is 22.5. The SMILES string of the molecule is O=C1O[C@H]([C@@H](O)CO)C(OOS(=O)(=O)O)=C1O. The van der Waals surface area contributed by atoms with Crippen LogP contribution in [0.25, 0.3) is 0 Å². The molecular formula is C6H8O10S. The summed E-state index contributed by atoms with van der Waals surface area (Å²) < 4.78 is 36.4. The first-order valence-electron chi connectivity index (χ1n) is 4.03. The highest BCUT2D eigenvalue weighted by Crippen LogP contribution is 2.25. The van der Waals surface area contributed by atoms with Gasteiger partial charge >= 0.3 is 16.4 Å². The topological polar surface area (TPSA) is 160 Å². The summed E-state index contributed by atoms with van der Waals surface area (Å²) in [7, 11) is -4.99. The number of aliphatic hydroxyl groups is 3. The minimum atomic E-state index is -4.99. The summed E-state index contributed by atoms with van der Waals surface area (Å²) in [5, 5.41) is 26.9. The average Bonchev–Trinajstić information content (AvgIpc) is 2.51. The largest absolute Gasteiger partial charge is 0.499 e. The second-order valence-electron chi connectivity index (χ2n) is 2.87. The third-order valence-corrected chi connectivity index (χ3v) is 1.91. The predicted octanol–water partition coefficient (Wildman–Crippen LogP) is -2.21. The monoisotopic (exact) mass is 272 g/mol. The molecule has 1 heterocycles. The molecule has 0 aromatic rings. The fourth-order valence-corrected chi connectivity index (χ4v) is 1.13. The molecule has 0 unspecified atom stereocenters. The van der Waals surface area contributed by atoms with E-state index in [4.69, 9.17) is 14.8 Å². The lowest BCUT2D eigenvalue weighted by atomic mass is 10.2. The summed E-state index contributed by atoms with van der Waals surface area (Å²) in [6.45, 7) is -0.857. The molecule has 0 fully saturated rings. The molecule has 1 rings (SSSR count). The van der Waals surface area contributed by atoms with Gasteiger partial charge in [0, 0.05) is 0 Å². The van der Waals surface area contributed by atoms with Gasteiger partial charge in [-0.25, -0.2) is 4.79 Å². The molecule has 0 saturated carbocycles. The van der Waals surface area contributed by atoms with Gasteiger partial charge in [-0.3, -0.25) is 4.55 Å². The summed E-state index contributed by atoms with van der Waals surface area (Å²) in [5.74, 6) is -3.34. The Morgan fingerprint density at radius 3 is 2.53 bits per heavy atom. The fourth-order valence-electron chi connectivity index (χ4n) is 0.976. The number of hydrogen-bond acceptors (Lipinski definition) is 9. The third kappa shape index (κ3) is 3.28. The van der Waals surface area contributed by atoms with E-state index in [2.05, 4.69) is 14.0 Å². The molecule has 4 N–H and O–H groups in total. The highest BCUT2D eigenvalue weighted by molar-refractivity contribution is 7.80. The molecule has 98 valence electrons. The molecule has 1 aliphatic heterocycles. The van der Waals surface area contributed by atoms with E-state index < -0.39 is 46.7 Å². The Bertz CT molecular complexity index is 436. The van der Waals surface area contributed by atoms with Crippen molar-refractivity contribution in [2.75, 3.05) is 6.61 Å². The number of carbonyl (C=O) groups is 1. The molecule has 0 bridgehead atoms. The molecule has 1 aliphatic rings. The van der Waals surface area contributed by atoms with Crippen LogP contribution >= 0.6 is 0 Å². The zero-order chi connectivity index (χ0) is 13.2. The Morgan fingerprint density at radius 2 is 2.06 bits per heavy atom. The fraction of sp³-hybridized carbons (Fsp3) is 0.500. The summed E-state index contributed by atoms with van der Waals surface area (Å²) in [5.41, 5.74) is 0. The van der Waals surface area contributed by atoms with Crippen molar-refractivity contribution in [1.82, 2.24) is 0 Å². The van der Waals surface area contributed by atoms with Crippen LogP contribution in [-0.4, -0.2) is 53.1 Å². The molecule has 2 atom stereocenters. The Balaban J connectivity index is 2.87. The summed E-state index contributed by atoms with van der Waals surface area (Å²) in [6, 6.07) is 0. The number of cyclic esters (lactones) is 1. The van der Waals surface area contributed by atoms with E-state index in [0.29, 0.717) is 0 Å². The van der Waals surface area contributed by atoms with Gasteiger partial charge in [0.1, 0.15) is 6.10 Å². The molecule has 0 spiro atoms. The van der Waals surface area contributed by atoms with E-state index in [1.165, 1.54) is 0 Å². The van der Waals surface area contributed by atoms with Crippen LogP contribution in [0.2, 0.25) is 0 Å². The first-order chi connectivity index (χ1) is 7.76. The quantitative estimate of drug-likeness (QED) is 0.187. The van der Waals surface area contributed by atoms with Gasteiger partial charge in [-0.1, -0.05) is 0 Å². The lowest BCUT2D eigenvalue weighted by Gasteiger charge is -2.16. The van der Waals surface area contributed by atoms with Gasteiger partial charge in [0.25, 0.3) is 0 Å². The maximum Gasteiger partial charge on any atom is 0.432 e. The van der Waals surface area contributed by atoms with Crippen LogP contribution in [0.4, 0.5) is 0 Å². The number of carbonyl (C=O) groups excluding carboxylic acids is 1. The summed E-state index contributed by atoms with van der Waals surface area (Å²) >= 11 is 0. The molecule has 0 aliphatic carbocycles. The van der Waals surface area contributed by atoms with Crippen molar-refractivity contribution in [1.29, 1.82) is 0 Å². The van der Waals surface area contributed by atoms with Crippen LogP contribution in [0, 0.1) is 0 Å². The van der Waals surface area contributed by atoms with E-state index in [1.54, 1.807) is 0 Å². The molecule has 0 radical (unpaired) electrons. The van der Waals surface area contributed by atoms with E-state index in [1.807, 2.05) is 0 Å². The second-order valence-corrected chi connectivity index (χ2v) is 3.86. The van der Waals surface area contributed by atoms with Crippen LogP contribution in [0.5, 0.6) is 0 Å². The van der Waals surface area contributed by atoms with Gasteiger partial charge in [-0.05, 0) is 4.33 Å². The van der Waals surface area contributed by atoms with Crippen molar-refractivity contribution < 1.29 is 47.0 Å². The van der Waals surface area contributed by atoms with E-state index in [9.17, 15) is 18.3 Å². The van der Waals surface area contributed by atoms with Crippen molar-refractivity contribution in [2.45, 2.75) is 12.2 Å². The van der Waals surface area contributed by atoms with Gasteiger partial charge in [-0.15, -0.1) is 0 Å². The maximum absolute atomic E-state index is 10.9. The van der Waals surface area contributed by atoms with Crippen LogP contribution in [0.3, 0.4) is 0 Å². The van der Waals surface area contributed by atoms with Crippen molar-refractivity contribution in [2.24, 2.45) is 0 Å². The van der Waals surface area contributed by atoms with Gasteiger partial charge in [0.2, 0.25) is 11.5 Å². The Hall–Kier alpha value is -1.40. The highest BCUT2D eigenvalue weighted by atomic mass is 32.3. The van der Waals surface area contributed by atoms with Gasteiger partial charge in [0.05, 0.1) is 6.61 Å². The molecule has 10 nitrogen and oxygen atoms in total. The lowest BCUT2D eigenvalue weighted by Crippen LogP contribution is -2.32. The molecule has 17 heavy (non-hydrogen) atoms. The number of ether oxygens (including phenoxy) is 1. The first kappa shape index (κ1) is 13.7. The third-order valence-electron chi connectivity index (χ3n) is 1.67.